The van der Waals surface area contributed by atoms with Crippen LogP contribution in [0.15, 0.2) is 59.2 Å². The molecule has 6 heteroatoms. The van der Waals surface area contributed by atoms with Crippen LogP contribution in [0.5, 0.6) is 0 Å². The first kappa shape index (κ1) is 22.8. The van der Waals surface area contributed by atoms with Crippen molar-refractivity contribution in [2.24, 2.45) is 5.92 Å². The molecule has 1 amide bonds. The lowest BCUT2D eigenvalue weighted by Gasteiger charge is -2.33. The van der Waals surface area contributed by atoms with Crippen LogP contribution in [-0.4, -0.2) is 36.5 Å². The number of para-hydroxylation sites is 1. The number of hydrogen-bond acceptors (Lipinski definition) is 3. The third-order valence-corrected chi connectivity index (χ3v) is 7.25. The first-order chi connectivity index (χ1) is 16.5. The van der Waals surface area contributed by atoms with Gasteiger partial charge < -0.3 is 14.6 Å². The zero-order valence-corrected chi connectivity index (χ0v) is 19.2. The Bertz CT molecular complexity index is 1160. The highest BCUT2D eigenvalue weighted by molar-refractivity contribution is 5.91. The van der Waals surface area contributed by atoms with Crippen molar-refractivity contribution >= 4 is 23.0 Å². The fraction of sp³-hybridized carbons (Fsp3) is 0.393. The number of likely N-dealkylation sites (tertiary alicyclic amines) is 1. The van der Waals surface area contributed by atoms with Crippen molar-refractivity contribution in [2.75, 3.05) is 19.6 Å². The zero-order chi connectivity index (χ0) is 23.5. The van der Waals surface area contributed by atoms with E-state index in [1.807, 2.05) is 18.4 Å². The Hall–Kier alpha value is -2.99. The minimum absolute atomic E-state index is 0.154. The molecule has 178 valence electrons. The van der Waals surface area contributed by atoms with E-state index in [2.05, 4.69) is 22.3 Å². The van der Waals surface area contributed by atoms with Gasteiger partial charge in [0.15, 0.2) is 0 Å². The maximum Gasteiger partial charge on any atom is 0.244 e. The fourth-order valence-electron chi connectivity index (χ4n) is 5.57. The Balaban J connectivity index is 1.07. The van der Waals surface area contributed by atoms with Crippen LogP contribution in [0.25, 0.3) is 17.0 Å². The van der Waals surface area contributed by atoms with E-state index >= 15 is 0 Å². The van der Waals surface area contributed by atoms with Crippen LogP contribution in [0.3, 0.4) is 0 Å². The number of carbonyl (C=O) groups excluding carboxylic acids is 1. The zero-order valence-electron chi connectivity index (χ0n) is 19.2. The second-order valence-electron chi connectivity index (χ2n) is 9.68. The lowest BCUT2D eigenvalue weighted by molar-refractivity contribution is -0.117. The van der Waals surface area contributed by atoms with Crippen LogP contribution in [0.1, 0.15) is 49.1 Å². The summed E-state index contributed by atoms with van der Waals surface area (Å²) in [6.45, 7) is 3.25. The Morgan fingerprint density at radius 2 is 1.82 bits per heavy atom. The molecule has 2 heterocycles. The number of benzene rings is 2. The Morgan fingerprint density at radius 1 is 1.06 bits per heavy atom. The van der Waals surface area contributed by atoms with Crippen LogP contribution < -0.4 is 5.32 Å². The summed E-state index contributed by atoms with van der Waals surface area (Å²) in [6, 6.07) is 11.6. The molecule has 3 aromatic rings. The van der Waals surface area contributed by atoms with E-state index < -0.39 is 11.6 Å². The van der Waals surface area contributed by atoms with E-state index in [4.69, 9.17) is 4.42 Å². The Morgan fingerprint density at radius 3 is 2.62 bits per heavy atom. The van der Waals surface area contributed by atoms with Gasteiger partial charge in [-0.3, -0.25) is 4.79 Å². The van der Waals surface area contributed by atoms with Gasteiger partial charge in [0.05, 0.1) is 6.26 Å². The maximum atomic E-state index is 13.3. The fourth-order valence-corrected chi connectivity index (χ4v) is 5.57. The molecule has 1 saturated carbocycles. The minimum Gasteiger partial charge on any atom is -0.464 e. The average molecular weight is 465 g/mol. The summed E-state index contributed by atoms with van der Waals surface area (Å²) in [7, 11) is 0. The second-order valence-corrected chi connectivity index (χ2v) is 9.68. The van der Waals surface area contributed by atoms with Gasteiger partial charge in [0.1, 0.15) is 17.2 Å². The van der Waals surface area contributed by atoms with E-state index in [1.54, 1.807) is 0 Å². The van der Waals surface area contributed by atoms with E-state index in [0.717, 1.165) is 63.4 Å². The Kier molecular flexibility index (Phi) is 6.77. The van der Waals surface area contributed by atoms with Gasteiger partial charge in [0.2, 0.25) is 5.91 Å². The first-order valence-electron chi connectivity index (χ1n) is 12.2. The van der Waals surface area contributed by atoms with Crippen LogP contribution in [0, 0.1) is 17.6 Å². The molecule has 0 unspecified atom stereocenters. The molecule has 0 radical (unpaired) electrons. The van der Waals surface area contributed by atoms with Crippen LogP contribution in [0.2, 0.25) is 0 Å². The molecule has 4 nitrogen and oxygen atoms in total. The molecule has 1 aromatic heterocycles. The second kappa shape index (κ2) is 10.1. The average Bonchev–Trinajstić information content (AvgIpc) is 3.44. The third-order valence-electron chi connectivity index (χ3n) is 7.25. The third kappa shape index (κ3) is 5.39. The van der Waals surface area contributed by atoms with Gasteiger partial charge in [-0.2, -0.15) is 0 Å². The van der Waals surface area contributed by atoms with Gasteiger partial charge in [-0.15, -0.1) is 0 Å². The monoisotopic (exact) mass is 464 g/mol. The molecule has 1 aliphatic carbocycles. The molecule has 1 saturated heterocycles. The molecule has 2 fully saturated rings. The number of carbonyl (C=O) groups is 1. The van der Waals surface area contributed by atoms with Gasteiger partial charge in [0.25, 0.3) is 0 Å². The topological polar surface area (TPSA) is 45.5 Å². The van der Waals surface area contributed by atoms with Gasteiger partial charge >= 0.3 is 0 Å². The van der Waals surface area contributed by atoms with E-state index in [-0.39, 0.29) is 11.9 Å². The summed E-state index contributed by atoms with van der Waals surface area (Å²) in [4.78, 5) is 14.8. The van der Waals surface area contributed by atoms with E-state index in [0.29, 0.717) is 17.4 Å². The SMILES string of the molecule is O=C(/C=C/c1cc(F)cc(F)c1)N[C@@H]1CC[C@H](CN2CCC(c3coc4ccccc34)CC2)C1. The maximum absolute atomic E-state index is 13.3. The largest absolute Gasteiger partial charge is 0.464 e. The predicted molar refractivity (Wildman–Crippen MR) is 129 cm³/mol. The highest BCUT2D eigenvalue weighted by atomic mass is 19.1. The molecule has 1 aliphatic heterocycles. The van der Waals surface area contributed by atoms with Crippen LogP contribution >= 0.6 is 0 Å². The molecule has 0 spiro atoms. The van der Waals surface area contributed by atoms with Crippen molar-refractivity contribution in [3.63, 3.8) is 0 Å². The number of nitrogens with one attached hydrogen (secondary N) is 1. The smallest absolute Gasteiger partial charge is 0.244 e. The van der Waals surface area contributed by atoms with Gasteiger partial charge in [-0.25, -0.2) is 8.78 Å². The molecule has 1 N–H and O–H groups in total. The summed E-state index contributed by atoms with van der Waals surface area (Å²) in [5.74, 6) is -0.392. The van der Waals surface area contributed by atoms with Crippen molar-refractivity contribution in [1.29, 1.82) is 0 Å². The summed E-state index contributed by atoms with van der Waals surface area (Å²) in [5.41, 5.74) is 2.65. The van der Waals surface area contributed by atoms with Crippen LogP contribution in [0.4, 0.5) is 8.78 Å². The lowest BCUT2D eigenvalue weighted by Crippen LogP contribution is -2.37. The molecule has 34 heavy (non-hydrogen) atoms. The number of halogens is 2. The van der Waals surface area contributed by atoms with Crippen molar-refractivity contribution < 1.29 is 18.0 Å². The summed E-state index contributed by atoms with van der Waals surface area (Å²) in [5, 5.41) is 4.29. The highest BCUT2D eigenvalue weighted by Gasteiger charge is 2.29. The molecular weight excluding hydrogens is 434 g/mol. The molecule has 2 atom stereocenters. The van der Waals surface area contributed by atoms with E-state index in [1.165, 1.54) is 35.2 Å². The number of piperidine rings is 1. The van der Waals surface area contributed by atoms with Gasteiger partial charge in [-0.05, 0) is 86.9 Å². The highest BCUT2D eigenvalue weighted by Crippen LogP contribution is 2.35. The quantitative estimate of drug-likeness (QED) is 0.463. The standard InChI is InChI=1S/C28H30F2N2O2/c29-22-13-19(14-23(30)16-22)6-8-28(33)31-24-7-5-20(15-24)17-32-11-9-21(10-12-32)26-18-34-27-4-2-1-3-25(26)27/h1-4,6,8,13-14,16,18,20-21,24H,5,7,9-12,15,17H2,(H,31,33)/b8-6+/t20-,24+/m0/s1. The number of fused-ring (bicyclic) bond motifs is 1. The van der Waals surface area contributed by atoms with Crippen molar-refractivity contribution in [3.05, 3.63) is 77.6 Å². The number of nitrogens with zero attached hydrogens (tertiary/aromatic N) is 1. The summed E-state index contributed by atoms with van der Waals surface area (Å²) >= 11 is 0. The number of furan rings is 1. The Labute approximate surface area is 198 Å². The van der Waals surface area contributed by atoms with Gasteiger partial charge in [0, 0.05) is 35.7 Å². The van der Waals surface area contributed by atoms with Crippen molar-refractivity contribution in [1.82, 2.24) is 10.2 Å². The lowest BCUT2D eigenvalue weighted by atomic mass is 9.89. The van der Waals surface area contributed by atoms with Gasteiger partial charge in [-0.1, -0.05) is 18.2 Å². The van der Waals surface area contributed by atoms with Crippen molar-refractivity contribution in [2.45, 2.75) is 44.1 Å². The number of rotatable bonds is 6. The number of hydrogen-bond donors (Lipinski definition) is 1. The molecule has 2 aromatic carbocycles. The van der Waals surface area contributed by atoms with Crippen molar-refractivity contribution in [3.8, 4) is 0 Å². The van der Waals surface area contributed by atoms with E-state index in [9.17, 15) is 13.6 Å². The molecule has 2 aliphatic rings. The molecular formula is C28H30F2N2O2. The summed E-state index contributed by atoms with van der Waals surface area (Å²) < 4.78 is 32.3. The molecule has 5 rings (SSSR count). The summed E-state index contributed by atoms with van der Waals surface area (Å²) in [6.07, 6.45) is 10.1. The first-order valence-corrected chi connectivity index (χ1v) is 12.2. The number of amides is 1. The van der Waals surface area contributed by atoms with Crippen LogP contribution in [-0.2, 0) is 4.79 Å². The molecule has 0 bridgehead atoms. The predicted octanol–water partition coefficient (Wildman–Crippen LogP) is 5.89. The normalized spacial score (nSPS) is 22.1. The minimum atomic E-state index is -0.652.